The number of hydrogen-bond acceptors (Lipinski definition) is 1. The van der Waals surface area contributed by atoms with Crippen molar-refractivity contribution >= 4 is 5.78 Å². The van der Waals surface area contributed by atoms with E-state index in [2.05, 4.69) is 6.92 Å². The summed E-state index contributed by atoms with van der Waals surface area (Å²) >= 11 is 0. The molecular formula is C11H16O. The molecule has 1 atom stereocenters. The van der Waals surface area contributed by atoms with E-state index in [1.54, 1.807) is 0 Å². The number of allylic oxidation sites excluding steroid dienone is 2. The monoisotopic (exact) mass is 164 g/mol. The maximum atomic E-state index is 11.5. The first kappa shape index (κ1) is 8.03. The molecule has 0 aromatic heterocycles. The molecule has 0 spiro atoms. The molecule has 0 aromatic carbocycles. The summed E-state index contributed by atoms with van der Waals surface area (Å²) in [5.74, 6) is 0.398. The molecule has 1 heteroatoms. The summed E-state index contributed by atoms with van der Waals surface area (Å²) < 4.78 is 0. The number of carbonyl (C=O) groups is 1. The summed E-state index contributed by atoms with van der Waals surface area (Å²) in [4.78, 5) is 11.5. The van der Waals surface area contributed by atoms with Gasteiger partial charge in [0.15, 0.2) is 5.78 Å². The Morgan fingerprint density at radius 3 is 2.75 bits per heavy atom. The van der Waals surface area contributed by atoms with Gasteiger partial charge in [0.2, 0.25) is 0 Å². The molecule has 2 aliphatic carbocycles. The highest BCUT2D eigenvalue weighted by Gasteiger charge is 2.40. The Kier molecular flexibility index (Phi) is 1.64. The molecule has 1 fully saturated rings. The molecule has 0 N–H and O–H groups in total. The lowest BCUT2D eigenvalue weighted by Gasteiger charge is -2.31. The van der Waals surface area contributed by atoms with Crippen molar-refractivity contribution in [3.8, 4) is 0 Å². The predicted octanol–water partition coefficient (Wildman–Crippen LogP) is 2.86. The van der Waals surface area contributed by atoms with E-state index < -0.39 is 0 Å². The third kappa shape index (κ3) is 0.954. The largest absolute Gasteiger partial charge is 0.295 e. The molecule has 2 aliphatic rings. The van der Waals surface area contributed by atoms with Crippen LogP contribution in [0, 0.1) is 5.41 Å². The van der Waals surface area contributed by atoms with Gasteiger partial charge in [0.1, 0.15) is 0 Å². The zero-order valence-electron chi connectivity index (χ0n) is 7.94. The van der Waals surface area contributed by atoms with Gasteiger partial charge in [0.05, 0.1) is 0 Å². The summed E-state index contributed by atoms with van der Waals surface area (Å²) in [6.07, 6.45) is 5.78. The minimum Gasteiger partial charge on any atom is -0.295 e. The third-order valence-electron chi connectivity index (χ3n) is 3.56. The number of hydrogen-bond donors (Lipinski definition) is 0. The first-order valence-corrected chi connectivity index (χ1v) is 4.87. The normalized spacial score (nSPS) is 35.7. The Morgan fingerprint density at radius 1 is 1.33 bits per heavy atom. The van der Waals surface area contributed by atoms with Crippen molar-refractivity contribution in [3.63, 3.8) is 0 Å². The topological polar surface area (TPSA) is 17.1 Å². The van der Waals surface area contributed by atoms with Gasteiger partial charge in [-0.3, -0.25) is 4.79 Å². The molecule has 1 saturated carbocycles. The average Bonchev–Trinajstić information content (AvgIpc) is 2.24. The summed E-state index contributed by atoms with van der Waals surface area (Å²) in [7, 11) is 0. The fraction of sp³-hybridized carbons (Fsp3) is 0.727. The van der Waals surface area contributed by atoms with Gasteiger partial charge in [-0.25, -0.2) is 0 Å². The van der Waals surface area contributed by atoms with Gasteiger partial charge in [-0.15, -0.1) is 0 Å². The number of rotatable bonds is 0. The van der Waals surface area contributed by atoms with E-state index in [0.717, 1.165) is 12.0 Å². The number of fused-ring (bicyclic) bond motifs is 1. The fourth-order valence-corrected chi connectivity index (χ4v) is 2.76. The summed E-state index contributed by atoms with van der Waals surface area (Å²) in [6, 6.07) is 0. The first-order valence-electron chi connectivity index (χ1n) is 4.87. The van der Waals surface area contributed by atoms with Crippen LogP contribution in [0.4, 0.5) is 0 Å². The molecule has 0 aliphatic heterocycles. The van der Waals surface area contributed by atoms with Crippen LogP contribution in [-0.2, 0) is 4.79 Å². The Hall–Kier alpha value is -0.590. The minimum atomic E-state index is 0.263. The van der Waals surface area contributed by atoms with Crippen LogP contribution in [0.15, 0.2) is 11.1 Å². The zero-order chi connectivity index (χ0) is 8.77. The highest BCUT2D eigenvalue weighted by Crippen LogP contribution is 2.49. The maximum Gasteiger partial charge on any atom is 0.159 e. The molecule has 66 valence electrons. The van der Waals surface area contributed by atoms with Gasteiger partial charge >= 0.3 is 0 Å². The Morgan fingerprint density at radius 2 is 2.08 bits per heavy atom. The quantitative estimate of drug-likeness (QED) is 0.538. The molecule has 0 bridgehead atoms. The predicted molar refractivity (Wildman–Crippen MR) is 48.9 cm³/mol. The van der Waals surface area contributed by atoms with Gasteiger partial charge in [0.25, 0.3) is 0 Å². The molecule has 0 heterocycles. The number of ketones is 1. The van der Waals surface area contributed by atoms with Crippen LogP contribution in [0.2, 0.25) is 0 Å². The molecule has 0 amide bonds. The lowest BCUT2D eigenvalue weighted by molar-refractivity contribution is -0.116. The van der Waals surface area contributed by atoms with Crippen LogP contribution >= 0.6 is 0 Å². The molecule has 0 aromatic rings. The second-order valence-corrected chi connectivity index (χ2v) is 4.47. The smallest absolute Gasteiger partial charge is 0.159 e. The molecule has 0 radical (unpaired) electrons. The van der Waals surface area contributed by atoms with Crippen LogP contribution in [-0.4, -0.2) is 5.78 Å². The first-order chi connectivity index (χ1) is 5.63. The summed E-state index contributed by atoms with van der Waals surface area (Å²) in [5, 5.41) is 0. The van der Waals surface area contributed by atoms with Crippen molar-refractivity contribution in [3.05, 3.63) is 11.1 Å². The standard InChI is InChI=1S/C11H16O/c1-8-9-5-3-4-6-11(9,2)7-10(8)12/h3-7H2,1-2H3. The van der Waals surface area contributed by atoms with Crippen LogP contribution in [0.25, 0.3) is 0 Å². The lowest BCUT2D eigenvalue weighted by Crippen LogP contribution is -2.20. The van der Waals surface area contributed by atoms with E-state index in [1.807, 2.05) is 6.92 Å². The van der Waals surface area contributed by atoms with Crippen molar-refractivity contribution < 1.29 is 4.79 Å². The number of carbonyl (C=O) groups excluding carboxylic acids is 1. The fourth-order valence-electron chi connectivity index (χ4n) is 2.76. The summed E-state index contributed by atoms with van der Waals surface area (Å²) in [6.45, 7) is 4.27. The van der Waals surface area contributed by atoms with E-state index in [0.29, 0.717) is 5.78 Å². The Labute approximate surface area is 73.8 Å². The van der Waals surface area contributed by atoms with E-state index in [1.165, 1.54) is 31.3 Å². The molecule has 1 nitrogen and oxygen atoms in total. The molecule has 12 heavy (non-hydrogen) atoms. The molecular weight excluding hydrogens is 148 g/mol. The van der Waals surface area contributed by atoms with Crippen LogP contribution < -0.4 is 0 Å². The van der Waals surface area contributed by atoms with Crippen molar-refractivity contribution in [1.82, 2.24) is 0 Å². The van der Waals surface area contributed by atoms with E-state index in [9.17, 15) is 4.79 Å². The van der Waals surface area contributed by atoms with Gasteiger partial charge in [0, 0.05) is 6.42 Å². The minimum absolute atomic E-state index is 0.263. The second-order valence-electron chi connectivity index (χ2n) is 4.47. The van der Waals surface area contributed by atoms with Gasteiger partial charge in [-0.2, -0.15) is 0 Å². The van der Waals surface area contributed by atoms with Crippen LogP contribution in [0.3, 0.4) is 0 Å². The molecule has 2 rings (SSSR count). The van der Waals surface area contributed by atoms with Crippen LogP contribution in [0.1, 0.15) is 46.0 Å². The molecule has 0 saturated heterocycles. The lowest BCUT2D eigenvalue weighted by atomic mass is 9.72. The van der Waals surface area contributed by atoms with E-state index in [4.69, 9.17) is 0 Å². The van der Waals surface area contributed by atoms with Gasteiger partial charge in [-0.1, -0.05) is 18.9 Å². The average molecular weight is 164 g/mol. The van der Waals surface area contributed by atoms with E-state index >= 15 is 0 Å². The third-order valence-corrected chi connectivity index (χ3v) is 3.56. The van der Waals surface area contributed by atoms with Gasteiger partial charge in [-0.05, 0) is 37.2 Å². The van der Waals surface area contributed by atoms with Crippen molar-refractivity contribution in [2.45, 2.75) is 46.0 Å². The van der Waals surface area contributed by atoms with Crippen molar-refractivity contribution in [2.75, 3.05) is 0 Å². The molecule has 1 unspecified atom stereocenters. The maximum absolute atomic E-state index is 11.5. The van der Waals surface area contributed by atoms with Crippen LogP contribution in [0.5, 0.6) is 0 Å². The van der Waals surface area contributed by atoms with Crippen molar-refractivity contribution in [1.29, 1.82) is 0 Å². The zero-order valence-corrected chi connectivity index (χ0v) is 7.94. The Balaban J connectivity index is 2.40. The summed E-state index contributed by atoms with van der Waals surface area (Å²) in [5.41, 5.74) is 2.82. The Bertz CT molecular complexity index is 262. The highest BCUT2D eigenvalue weighted by molar-refractivity contribution is 5.99. The van der Waals surface area contributed by atoms with E-state index in [-0.39, 0.29) is 5.41 Å². The second kappa shape index (κ2) is 2.45. The number of Topliss-reactive ketones (excluding diaryl/α,β-unsaturated/α-hetero) is 1. The van der Waals surface area contributed by atoms with Crippen molar-refractivity contribution in [2.24, 2.45) is 5.41 Å². The van der Waals surface area contributed by atoms with Gasteiger partial charge < -0.3 is 0 Å². The SMILES string of the molecule is CC1=C2CCCCC2(C)CC1=O. The highest BCUT2D eigenvalue weighted by atomic mass is 16.1.